The van der Waals surface area contributed by atoms with E-state index in [0.717, 1.165) is 12.3 Å². The summed E-state index contributed by atoms with van der Waals surface area (Å²) in [5.74, 6) is -1.29. The van der Waals surface area contributed by atoms with Gasteiger partial charge in [0.1, 0.15) is 22.9 Å². The molecule has 1 saturated heterocycles. The minimum absolute atomic E-state index is 0.0105. The number of aliphatic imine (C=N–C) groups is 1. The van der Waals surface area contributed by atoms with E-state index in [1.807, 2.05) is 0 Å². The van der Waals surface area contributed by atoms with E-state index < -0.39 is 35.0 Å². The Hall–Kier alpha value is -3.05. The van der Waals surface area contributed by atoms with Gasteiger partial charge in [0, 0.05) is 22.9 Å². The number of nitrogens with zero attached hydrogens (tertiary/aromatic N) is 2. The van der Waals surface area contributed by atoms with Gasteiger partial charge in [0.15, 0.2) is 10.9 Å². The zero-order valence-corrected chi connectivity index (χ0v) is 19.7. The number of benzene rings is 1. The number of ether oxygens (including phenoxy) is 2. The van der Waals surface area contributed by atoms with Gasteiger partial charge in [0.25, 0.3) is 5.91 Å². The summed E-state index contributed by atoms with van der Waals surface area (Å²) in [6.07, 6.45) is 0.930. The molecule has 2 amide bonds. The number of halogens is 2. The van der Waals surface area contributed by atoms with Crippen LogP contribution in [0, 0.1) is 17.6 Å². The summed E-state index contributed by atoms with van der Waals surface area (Å²) in [4.78, 5) is 33.1. The lowest BCUT2D eigenvalue weighted by Crippen LogP contribution is -2.42. The molecule has 1 fully saturated rings. The minimum Gasteiger partial charge on any atom is -0.444 e. The van der Waals surface area contributed by atoms with Crippen LogP contribution in [0.15, 0.2) is 41.5 Å². The van der Waals surface area contributed by atoms with Crippen molar-refractivity contribution in [2.24, 2.45) is 10.9 Å². The Bertz CT molecular complexity index is 1140. The molecule has 0 bridgehead atoms. The molecule has 4 rings (SSSR count). The van der Waals surface area contributed by atoms with Crippen molar-refractivity contribution in [1.29, 1.82) is 0 Å². The molecule has 0 saturated carbocycles. The van der Waals surface area contributed by atoms with Gasteiger partial charge in [0.05, 0.1) is 12.8 Å². The highest BCUT2D eigenvalue weighted by Gasteiger charge is 2.50. The average molecular weight is 491 g/mol. The lowest BCUT2D eigenvalue weighted by molar-refractivity contribution is -0.0173. The van der Waals surface area contributed by atoms with Crippen LogP contribution in [0.25, 0.3) is 0 Å². The van der Waals surface area contributed by atoms with Crippen molar-refractivity contribution in [3.8, 4) is 0 Å². The molecule has 2 aromatic rings. The first-order chi connectivity index (χ1) is 16.1. The highest BCUT2D eigenvalue weighted by Crippen LogP contribution is 2.48. The maximum absolute atomic E-state index is 15.1. The predicted octanol–water partition coefficient (Wildman–Crippen LogP) is 4.43. The van der Waals surface area contributed by atoms with Gasteiger partial charge >= 0.3 is 6.09 Å². The van der Waals surface area contributed by atoms with E-state index in [9.17, 15) is 14.0 Å². The molecular formula is C23H24F2N4O4S. The van der Waals surface area contributed by atoms with Crippen LogP contribution in [0.1, 0.15) is 43.2 Å². The Morgan fingerprint density at radius 2 is 2.00 bits per heavy atom. The number of amides is 2. The molecule has 0 radical (unpaired) electrons. The molecule has 8 nitrogen and oxygen atoms in total. The van der Waals surface area contributed by atoms with Gasteiger partial charge in [-0.05, 0) is 57.5 Å². The zero-order chi connectivity index (χ0) is 24.5. The summed E-state index contributed by atoms with van der Waals surface area (Å²) in [7, 11) is 0. The highest BCUT2D eigenvalue weighted by molar-refractivity contribution is 8.13. The largest absolute Gasteiger partial charge is 0.444 e. The summed E-state index contributed by atoms with van der Waals surface area (Å²) >= 11 is 1.33. The number of carbonyl (C=O) groups excluding carboxylic acids is 2. The Balaban J connectivity index is 1.62. The van der Waals surface area contributed by atoms with Crippen molar-refractivity contribution in [3.05, 3.63) is 59.4 Å². The van der Waals surface area contributed by atoms with Crippen molar-refractivity contribution in [2.45, 2.75) is 38.5 Å². The van der Waals surface area contributed by atoms with Crippen molar-refractivity contribution in [2.75, 3.05) is 17.7 Å². The number of pyridine rings is 1. The lowest BCUT2D eigenvalue weighted by Gasteiger charge is -2.35. The van der Waals surface area contributed by atoms with Gasteiger partial charge in [-0.25, -0.2) is 23.6 Å². The first-order valence-corrected chi connectivity index (χ1v) is 11.6. The summed E-state index contributed by atoms with van der Waals surface area (Å²) in [6.45, 7) is 5.61. The molecule has 2 unspecified atom stereocenters. The quantitative estimate of drug-likeness (QED) is 0.660. The van der Waals surface area contributed by atoms with Crippen LogP contribution in [0.4, 0.5) is 19.3 Å². The number of rotatable bonds is 3. The normalized spacial score (nSPS) is 21.9. The molecule has 180 valence electrons. The van der Waals surface area contributed by atoms with Gasteiger partial charge in [-0.3, -0.25) is 10.1 Å². The second-order valence-corrected chi connectivity index (χ2v) is 9.90. The van der Waals surface area contributed by atoms with E-state index >= 15 is 4.39 Å². The molecular weight excluding hydrogens is 466 g/mol. The van der Waals surface area contributed by atoms with E-state index in [1.165, 1.54) is 36.0 Å². The molecule has 34 heavy (non-hydrogen) atoms. The molecule has 3 heterocycles. The Kier molecular flexibility index (Phi) is 6.59. The van der Waals surface area contributed by atoms with E-state index in [4.69, 9.17) is 9.47 Å². The van der Waals surface area contributed by atoms with Crippen molar-refractivity contribution >= 4 is 34.6 Å². The van der Waals surface area contributed by atoms with Crippen LogP contribution < -0.4 is 10.6 Å². The number of aromatic nitrogens is 1. The number of fused-ring (bicyclic) bond motifs is 1. The smallest absolute Gasteiger partial charge is 0.413 e. The number of hydrogen-bond acceptors (Lipinski definition) is 7. The first kappa shape index (κ1) is 24.1. The Morgan fingerprint density at radius 3 is 2.71 bits per heavy atom. The summed E-state index contributed by atoms with van der Waals surface area (Å²) in [5, 5.41) is 5.52. The first-order valence-electron chi connectivity index (χ1n) is 10.7. The van der Waals surface area contributed by atoms with Crippen LogP contribution in [-0.2, 0) is 15.2 Å². The third-order valence-electron chi connectivity index (χ3n) is 5.21. The molecule has 2 N–H and O–H groups in total. The number of hydrogen-bond donors (Lipinski definition) is 2. The third kappa shape index (κ3) is 5.20. The number of nitrogens with one attached hydrogen (secondary N) is 2. The highest BCUT2D eigenvalue weighted by atomic mass is 32.2. The van der Waals surface area contributed by atoms with Crippen LogP contribution in [0.2, 0.25) is 0 Å². The lowest BCUT2D eigenvalue weighted by atomic mass is 9.89. The number of thioether (sulfide) groups is 1. The van der Waals surface area contributed by atoms with E-state index in [2.05, 4.69) is 20.6 Å². The van der Waals surface area contributed by atoms with E-state index in [-0.39, 0.29) is 22.3 Å². The van der Waals surface area contributed by atoms with Crippen LogP contribution in [0.5, 0.6) is 0 Å². The number of anilines is 1. The maximum Gasteiger partial charge on any atom is 0.413 e. The van der Waals surface area contributed by atoms with E-state index in [0.29, 0.717) is 24.5 Å². The second kappa shape index (κ2) is 9.30. The van der Waals surface area contributed by atoms with Crippen LogP contribution in [-0.4, -0.2) is 40.1 Å². The van der Waals surface area contributed by atoms with Gasteiger partial charge in [-0.2, -0.15) is 0 Å². The summed E-state index contributed by atoms with van der Waals surface area (Å²) in [6, 6.07) is 6.46. The van der Waals surface area contributed by atoms with Gasteiger partial charge in [-0.1, -0.05) is 11.8 Å². The van der Waals surface area contributed by atoms with Crippen LogP contribution in [0.3, 0.4) is 0 Å². The standard InChI is InChI=1S/C23H24F2N4O4S/c1-22(2,3)33-21(31)28-20-29-23(13(12-34-20)8-9-32-23)16-10-15(5-6-17(16)25)27-19(30)18-7-4-14(24)11-26-18/h4-7,10-11,13H,8-9,12H2,1-3H3,(H,27,30)(H,28,29,31). The number of amidine groups is 1. The third-order valence-corrected chi connectivity index (χ3v) is 6.24. The molecule has 2 aliphatic rings. The van der Waals surface area contributed by atoms with Crippen molar-refractivity contribution < 1.29 is 27.8 Å². The Labute approximate surface area is 199 Å². The Morgan fingerprint density at radius 1 is 1.21 bits per heavy atom. The average Bonchev–Trinajstić information content (AvgIpc) is 3.18. The molecule has 0 aliphatic carbocycles. The minimum atomic E-state index is -1.35. The molecule has 1 aromatic heterocycles. The monoisotopic (exact) mass is 490 g/mol. The van der Waals surface area contributed by atoms with Crippen molar-refractivity contribution in [1.82, 2.24) is 10.3 Å². The fourth-order valence-corrected chi connectivity index (χ4v) is 4.86. The topological polar surface area (TPSA) is 102 Å². The molecule has 0 spiro atoms. The molecule has 2 atom stereocenters. The summed E-state index contributed by atoms with van der Waals surface area (Å²) < 4.78 is 39.4. The molecule has 1 aromatic carbocycles. The number of alkyl carbamates (subject to hydrolysis) is 1. The number of carbonyl (C=O) groups is 2. The van der Waals surface area contributed by atoms with E-state index in [1.54, 1.807) is 20.8 Å². The fraction of sp³-hybridized carbons (Fsp3) is 0.391. The SMILES string of the molecule is CC(C)(C)OC(=O)NC1=NC2(c3cc(NC(=O)c4ccc(F)cn4)ccc3F)OCCC2CS1. The molecule has 2 aliphatic heterocycles. The predicted molar refractivity (Wildman–Crippen MR) is 124 cm³/mol. The van der Waals surface area contributed by atoms with Crippen molar-refractivity contribution in [3.63, 3.8) is 0 Å². The van der Waals surface area contributed by atoms with Crippen LogP contribution >= 0.6 is 11.8 Å². The zero-order valence-electron chi connectivity index (χ0n) is 18.9. The van der Waals surface area contributed by atoms with Gasteiger partial charge in [0.2, 0.25) is 0 Å². The van der Waals surface area contributed by atoms with Gasteiger partial charge in [-0.15, -0.1) is 0 Å². The maximum atomic E-state index is 15.1. The second-order valence-electron chi connectivity index (χ2n) is 8.90. The molecule has 11 heteroatoms. The summed E-state index contributed by atoms with van der Waals surface area (Å²) in [5.41, 5.74) is -1.59. The fourth-order valence-electron chi connectivity index (χ4n) is 3.75. The van der Waals surface area contributed by atoms with Gasteiger partial charge < -0.3 is 14.8 Å².